The maximum atomic E-state index is 9.55. The Balaban J connectivity index is 2.72. The van der Waals surface area contributed by atoms with Crippen LogP contribution in [-0.2, 0) is 6.54 Å². The van der Waals surface area contributed by atoms with Crippen molar-refractivity contribution >= 4 is 11.0 Å². The van der Waals surface area contributed by atoms with Crippen molar-refractivity contribution in [1.82, 2.24) is 9.55 Å². The molecule has 0 bridgehead atoms. The van der Waals surface area contributed by atoms with Crippen molar-refractivity contribution in [2.45, 2.75) is 26.5 Å². The van der Waals surface area contributed by atoms with Gasteiger partial charge in [-0.15, -0.1) is 0 Å². The highest BCUT2D eigenvalue weighted by atomic mass is 16.3. The van der Waals surface area contributed by atoms with Crippen LogP contribution in [0.4, 0.5) is 0 Å². The summed E-state index contributed by atoms with van der Waals surface area (Å²) in [6.45, 7) is 4.63. The molecule has 1 heterocycles. The van der Waals surface area contributed by atoms with E-state index < -0.39 is 6.10 Å². The Kier molecular flexibility index (Phi) is 2.25. The van der Waals surface area contributed by atoms with Crippen LogP contribution in [0, 0.1) is 0 Å². The lowest BCUT2D eigenvalue weighted by molar-refractivity contribution is 0.184. The highest BCUT2D eigenvalue weighted by Crippen LogP contribution is 2.19. The van der Waals surface area contributed by atoms with Crippen molar-refractivity contribution in [3.63, 3.8) is 0 Å². The minimum Gasteiger partial charge on any atom is -0.385 e. The molecule has 1 N–H and O–H groups in total. The van der Waals surface area contributed by atoms with Gasteiger partial charge in [-0.05, 0) is 26.0 Å². The molecule has 3 heteroatoms. The lowest BCUT2D eigenvalue weighted by Gasteiger charge is -2.07. The number of para-hydroxylation sites is 2. The molecule has 2 rings (SSSR count). The summed E-state index contributed by atoms with van der Waals surface area (Å²) in [6, 6.07) is 7.94. The van der Waals surface area contributed by atoms with Crippen LogP contribution in [0.15, 0.2) is 24.3 Å². The normalized spacial score (nSPS) is 13.4. The molecule has 3 nitrogen and oxygen atoms in total. The first kappa shape index (κ1) is 9.21. The van der Waals surface area contributed by atoms with Crippen LogP contribution < -0.4 is 0 Å². The monoisotopic (exact) mass is 190 g/mol. The first-order valence-electron chi connectivity index (χ1n) is 4.87. The molecule has 0 saturated heterocycles. The maximum Gasteiger partial charge on any atom is 0.138 e. The number of aromatic nitrogens is 2. The molecule has 0 fully saturated rings. The molecule has 1 aromatic carbocycles. The van der Waals surface area contributed by atoms with E-state index in [-0.39, 0.29) is 0 Å². The molecule has 1 aromatic heterocycles. The van der Waals surface area contributed by atoms with Gasteiger partial charge in [-0.3, -0.25) is 0 Å². The van der Waals surface area contributed by atoms with E-state index in [4.69, 9.17) is 0 Å². The summed E-state index contributed by atoms with van der Waals surface area (Å²) >= 11 is 0. The second-order valence-corrected chi connectivity index (χ2v) is 3.38. The number of aryl methyl sites for hydroxylation is 1. The summed E-state index contributed by atoms with van der Waals surface area (Å²) in [4.78, 5) is 4.40. The van der Waals surface area contributed by atoms with Crippen LogP contribution in [0.5, 0.6) is 0 Å². The van der Waals surface area contributed by atoms with E-state index in [1.54, 1.807) is 6.92 Å². The zero-order valence-corrected chi connectivity index (χ0v) is 8.44. The van der Waals surface area contributed by atoms with Crippen molar-refractivity contribution in [1.29, 1.82) is 0 Å². The average molecular weight is 190 g/mol. The van der Waals surface area contributed by atoms with Gasteiger partial charge in [0.05, 0.1) is 11.0 Å². The third-order valence-electron chi connectivity index (χ3n) is 2.37. The minimum absolute atomic E-state index is 0.512. The zero-order valence-electron chi connectivity index (χ0n) is 8.44. The number of imidazole rings is 1. The smallest absolute Gasteiger partial charge is 0.138 e. The lowest BCUT2D eigenvalue weighted by atomic mass is 10.3. The fourth-order valence-corrected chi connectivity index (χ4v) is 1.75. The van der Waals surface area contributed by atoms with Gasteiger partial charge in [0.25, 0.3) is 0 Å². The van der Waals surface area contributed by atoms with Gasteiger partial charge >= 0.3 is 0 Å². The van der Waals surface area contributed by atoms with Gasteiger partial charge in [-0.2, -0.15) is 0 Å². The number of aliphatic hydroxyl groups is 1. The van der Waals surface area contributed by atoms with Crippen molar-refractivity contribution in [3.8, 4) is 0 Å². The standard InChI is InChI=1S/C11H14N2O/c1-3-13-10-7-5-4-6-9(10)12-11(13)8(2)14/h4-8,14H,3H2,1-2H3/t8-/m0/s1. The predicted octanol–water partition coefficient (Wildman–Crippen LogP) is 2.11. The highest BCUT2D eigenvalue weighted by molar-refractivity contribution is 5.75. The Morgan fingerprint density at radius 3 is 2.79 bits per heavy atom. The maximum absolute atomic E-state index is 9.55. The van der Waals surface area contributed by atoms with Gasteiger partial charge in [-0.25, -0.2) is 4.98 Å². The SMILES string of the molecule is CCn1c([C@H](C)O)nc2ccccc21. The van der Waals surface area contributed by atoms with Crippen LogP contribution in [0.2, 0.25) is 0 Å². The van der Waals surface area contributed by atoms with Crippen LogP contribution in [0.1, 0.15) is 25.8 Å². The fraction of sp³-hybridized carbons (Fsp3) is 0.364. The van der Waals surface area contributed by atoms with E-state index in [0.29, 0.717) is 0 Å². The number of hydrogen-bond acceptors (Lipinski definition) is 2. The third-order valence-corrected chi connectivity index (χ3v) is 2.37. The Hall–Kier alpha value is -1.35. The van der Waals surface area contributed by atoms with E-state index >= 15 is 0 Å². The van der Waals surface area contributed by atoms with Crippen LogP contribution >= 0.6 is 0 Å². The molecule has 0 radical (unpaired) electrons. The molecule has 0 amide bonds. The molecular weight excluding hydrogens is 176 g/mol. The van der Waals surface area contributed by atoms with Crippen molar-refractivity contribution in [2.75, 3.05) is 0 Å². The van der Waals surface area contributed by atoms with E-state index in [1.165, 1.54) is 0 Å². The van der Waals surface area contributed by atoms with E-state index in [1.807, 2.05) is 28.8 Å². The van der Waals surface area contributed by atoms with E-state index in [0.717, 1.165) is 23.4 Å². The largest absolute Gasteiger partial charge is 0.385 e. The molecule has 0 aliphatic carbocycles. The Labute approximate surface area is 83.0 Å². The summed E-state index contributed by atoms with van der Waals surface area (Å²) in [7, 11) is 0. The summed E-state index contributed by atoms with van der Waals surface area (Å²) in [5.41, 5.74) is 2.04. The number of hydrogen-bond donors (Lipinski definition) is 1. The number of rotatable bonds is 2. The molecule has 1 atom stereocenters. The van der Waals surface area contributed by atoms with Crippen molar-refractivity contribution in [2.24, 2.45) is 0 Å². The molecule has 0 aliphatic heterocycles. The number of fused-ring (bicyclic) bond motifs is 1. The average Bonchev–Trinajstić information content (AvgIpc) is 2.56. The molecule has 2 aromatic rings. The first-order valence-corrected chi connectivity index (χ1v) is 4.87. The Bertz CT molecular complexity index is 445. The van der Waals surface area contributed by atoms with Crippen molar-refractivity contribution in [3.05, 3.63) is 30.1 Å². The first-order chi connectivity index (χ1) is 6.74. The molecule has 0 spiro atoms. The lowest BCUT2D eigenvalue weighted by Crippen LogP contribution is -2.04. The molecule has 0 aliphatic rings. The quantitative estimate of drug-likeness (QED) is 0.787. The molecule has 14 heavy (non-hydrogen) atoms. The second-order valence-electron chi connectivity index (χ2n) is 3.38. The van der Waals surface area contributed by atoms with E-state index in [9.17, 15) is 5.11 Å². The number of benzene rings is 1. The summed E-state index contributed by atoms with van der Waals surface area (Å²) < 4.78 is 2.04. The van der Waals surface area contributed by atoms with Gasteiger partial charge in [0.15, 0.2) is 0 Å². The zero-order chi connectivity index (χ0) is 10.1. The summed E-state index contributed by atoms with van der Waals surface area (Å²) in [6.07, 6.45) is -0.512. The highest BCUT2D eigenvalue weighted by Gasteiger charge is 2.12. The van der Waals surface area contributed by atoms with Gasteiger partial charge in [0.1, 0.15) is 11.9 Å². The fourth-order valence-electron chi connectivity index (χ4n) is 1.75. The minimum atomic E-state index is -0.512. The molecule has 0 saturated carbocycles. The number of nitrogens with zero attached hydrogens (tertiary/aromatic N) is 2. The van der Waals surface area contributed by atoms with Crippen LogP contribution in [0.25, 0.3) is 11.0 Å². The van der Waals surface area contributed by atoms with Crippen LogP contribution in [0.3, 0.4) is 0 Å². The third kappa shape index (κ3) is 1.30. The number of aliphatic hydroxyl groups excluding tert-OH is 1. The summed E-state index contributed by atoms with van der Waals surface area (Å²) in [5.74, 6) is 0.744. The van der Waals surface area contributed by atoms with E-state index in [2.05, 4.69) is 11.9 Å². The Morgan fingerprint density at radius 2 is 2.14 bits per heavy atom. The van der Waals surface area contributed by atoms with Gasteiger partial charge in [-0.1, -0.05) is 12.1 Å². The van der Waals surface area contributed by atoms with Gasteiger partial charge in [0.2, 0.25) is 0 Å². The van der Waals surface area contributed by atoms with Crippen LogP contribution in [-0.4, -0.2) is 14.7 Å². The predicted molar refractivity (Wildman–Crippen MR) is 56.0 cm³/mol. The molecule has 0 unspecified atom stereocenters. The Morgan fingerprint density at radius 1 is 1.43 bits per heavy atom. The summed E-state index contributed by atoms with van der Waals surface area (Å²) in [5, 5.41) is 9.55. The molecule has 74 valence electrons. The molecular formula is C11H14N2O. The van der Waals surface area contributed by atoms with Gasteiger partial charge < -0.3 is 9.67 Å². The topological polar surface area (TPSA) is 38.0 Å². The van der Waals surface area contributed by atoms with Crippen molar-refractivity contribution < 1.29 is 5.11 Å². The second kappa shape index (κ2) is 3.42. The van der Waals surface area contributed by atoms with Gasteiger partial charge in [0, 0.05) is 6.54 Å².